The lowest BCUT2D eigenvalue weighted by atomic mass is 10.2. The van der Waals surface area contributed by atoms with Gasteiger partial charge in [0.05, 0.1) is 0 Å². The molecule has 2 aliphatic rings. The SMILES string of the molecule is CCCn1c(N)c(NC2CCN(C3CC3)C2)c(=O)[nH]c1=O. The minimum absolute atomic E-state index is 0.224. The maximum absolute atomic E-state index is 12.0. The van der Waals surface area contributed by atoms with Crippen molar-refractivity contribution in [2.75, 3.05) is 24.1 Å². The standard InChI is InChI=1S/C14H23N5O2/c1-2-6-19-12(15)11(13(20)17-14(19)21)16-9-5-7-18(8-9)10-3-4-10/h9-10,16H,2-8,15H2,1H3,(H,17,20,21). The second-order valence-corrected chi connectivity index (χ2v) is 6.03. The van der Waals surface area contributed by atoms with E-state index in [1.54, 1.807) is 0 Å². The highest BCUT2D eigenvalue weighted by atomic mass is 16.2. The predicted octanol–water partition coefficient (Wildman–Crippen LogP) is 0.177. The van der Waals surface area contributed by atoms with Crippen LogP contribution in [0.4, 0.5) is 11.5 Å². The van der Waals surface area contributed by atoms with Crippen molar-refractivity contribution in [3.63, 3.8) is 0 Å². The first-order chi connectivity index (χ1) is 10.1. The van der Waals surface area contributed by atoms with Gasteiger partial charge in [-0.05, 0) is 25.7 Å². The first-order valence-electron chi connectivity index (χ1n) is 7.73. The summed E-state index contributed by atoms with van der Waals surface area (Å²) in [6.07, 6.45) is 4.37. The number of nitrogens with one attached hydrogen (secondary N) is 2. The number of anilines is 2. The molecule has 7 nitrogen and oxygen atoms in total. The lowest BCUT2D eigenvalue weighted by molar-refractivity contribution is 0.326. The molecule has 2 fully saturated rings. The summed E-state index contributed by atoms with van der Waals surface area (Å²) in [6, 6.07) is 0.961. The van der Waals surface area contributed by atoms with Crippen molar-refractivity contribution >= 4 is 11.5 Å². The summed E-state index contributed by atoms with van der Waals surface area (Å²) in [5, 5.41) is 3.25. The van der Waals surface area contributed by atoms with Crippen molar-refractivity contribution in [1.82, 2.24) is 14.5 Å². The Kier molecular flexibility index (Phi) is 3.75. The molecule has 0 spiro atoms. The highest BCUT2D eigenvalue weighted by molar-refractivity contribution is 5.61. The van der Waals surface area contributed by atoms with E-state index < -0.39 is 11.2 Å². The third-order valence-electron chi connectivity index (χ3n) is 4.32. The zero-order valence-corrected chi connectivity index (χ0v) is 12.4. The maximum Gasteiger partial charge on any atom is 0.330 e. The van der Waals surface area contributed by atoms with E-state index in [-0.39, 0.29) is 11.9 Å². The van der Waals surface area contributed by atoms with Crippen LogP contribution < -0.4 is 22.3 Å². The van der Waals surface area contributed by atoms with Crippen LogP contribution >= 0.6 is 0 Å². The van der Waals surface area contributed by atoms with E-state index in [0.717, 1.165) is 32.0 Å². The van der Waals surface area contributed by atoms with Crippen LogP contribution in [0, 0.1) is 0 Å². The maximum atomic E-state index is 12.0. The van der Waals surface area contributed by atoms with Gasteiger partial charge < -0.3 is 11.1 Å². The summed E-state index contributed by atoms with van der Waals surface area (Å²) in [5.74, 6) is 0.246. The number of nitrogens with zero attached hydrogens (tertiary/aromatic N) is 2. The molecular weight excluding hydrogens is 270 g/mol. The third-order valence-corrected chi connectivity index (χ3v) is 4.32. The molecule has 4 N–H and O–H groups in total. The topological polar surface area (TPSA) is 96.2 Å². The Morgan fingerprint density at radius 3 is 2.76 bits per heavy atom. The summed E-state index contributed by atoms with van der Waals surface area (Å²) in [5.41, 5.74) is 5.51. The summed E-state index contributed by atoms with van der Waals surface area (Å²) >= 11 is 0. The molecule has 3 rings (SSSR count). The molecule has 116 valence electrons. The fourth-order valence-electron chi connectivity index (χ4n) is 3.05. The Morgan fingerprint density at radius 2 is 2.10 bits per heavy atom. The Morgan fingerprint density at radius 1 is 1.33 bits per heavy atom. The van der Waals surface area contributed by atoms with Gasteiger partial charge in [0.15, 0.2) is 0 Å². The van der Waals surface area contributed by atoms with Crippen molar-refractivity contribution < 1.29 is 0 Å². The van der Waals surface area contributed by atoms with Gasteiger partial charge in [-0.2, -0.15) is 0 Å². The highest BCUT2D eigenvalue weighted by Crippen LogP contribution is 2.30. The molecular formula is C14H23N5O2. The molecule has 1 aromatic rings. The van der Waals surface area contributed by atoms with Gasteiger partial charge in [0, 0.05) is 31.7 Å². The number of H-pyrrole nitrogens is 1. The predicted molar refractivity (Wildman–Crippen MR) is 82.6 cm³/mol. The fraction of sp³-hybridized carbons (Fsp3) is 0.714. The van der Waals surface area contributed by atoms with E-state index in [2.05, 4.69) is 15.2 Å². The van der Waals surface area contributed by atoms with Crippen molar-refractivity contribution in [2.45, 2.75) is 51.2 Å². The van der Waals surface area contributed by atoms with Gasteiger partial charge in [0.1, 0.15) is 11.5 Å². The largest absolute Gasteiger partial charge is 0.383 e. The molecule has 0 amide bonds. The third kappa shape index (κ3) is 2.83. The van der Waals surface area contributed by atoms with E-state index >= 15 is 0 Å². The van der Waals surface area contributed by atoms with Crippen LogP contribution in [0.2, 0.25) is 0 Å². The molecule has 1 unspecified atom stereocenters. The van der Waals surface area contributed by atoms with Gasteiger partial charge in [-0.1, -0.05) is 6.92 Å². The van der Waals surface area contributed by atoms with E-state index in [4.69, 9.17) is 5.73 Å². The Balaban J connectivity index is 1.80. The van der Waals surface area contributed by atoms with E-state index in [0.29, 0.717) is 12.2 Å². The van der Waals surface area contributed by atoms with Gasteiger partial charge >= 0.3 is 5.69 Å². The van der Waals surface area contributed by atoms with Crippen LogP contribution in [0.25, 0.3) is 0 Å². The van der Waals surface area contributed by atoms with E-state index in [1.165, 1.54) is 17.4 Å². The molecule has 0 bridgehead atoms. The van der Waals surface area contributed by atoms with Gasteiger partial charge in [0.2, 0.25) is 0 Å². The van der Waals surface area contributed by atoms with Gasteiger partial charge in [-0.25, -0.2) is 4.79 Å². The van der Waals surface area contributed by atoms with E-state index in [9.17, 15) is 9.59 Å². The Bertz CT molecular complexity index is 631. The van der Waals surface area contributed by atoms with Crippen LogP contribution in [0.3, 0.4) is 0 Å². The van der Waals surface area contributed by atoms with Crippen LogP contribution in [-0.4, -0.2) is 39.6 Å². The summed E-state index contributed by atoms with van der Waals surface area (Å²) in [6.45, 7) is 4.48. The first-order valence-corrected chi connectivity index (χ1v) is 7.73. The van der Waals surface area contributed by atoms with Crippen LogP contribution in [0.15, 0.2) is 9.59 Å². The minimum atomic E-state index is -0.434. The number of rotatable bonds is 5. The molecule has 1 aliphatic carbocycles. The molecule has 0 radical (unpaired) electrons. The lowest BCUT2D eigenvalue weighted by Crippen LogP contribution is -2.36. The smallest absolute Gasteiger partial charge is 0.330 e. The van der Waals surface area contributed by atoms with Crippen molar-refractivity contribution in [3.8, 4) is 0 Å². The highest BCUT2D eigenvalue weighted by Gasteiger charge is 2.34. The normalized spacial score (nSPS) is 22.6. The Labute approximate surface area is 123 Å². The van der Waals surface area contributed by atoms with Crippen molar-refractivity contribution in [1.29, 1.82) is 0 Å². The molecule has 7 heteroatoms. The van der Waals surface area contributed by atoms with Crippen LogP contribution in [0.1, 0.15) is 32.6 Å². The number of likely N-dealkylation sites (tertiary alicyclic amines) is 1. The summed E-state index contributed by atoms with van der Waals surface area (Å²) in [7, 11) is 0. The second kappa shape index (κ2) is 5.55. The first kappa shape index (κ1) is 14.2. The van der Waals surface area contributed by atoms with Crippen LogP contribution in [-0.2, 0) is 6.54 Å². The number of aromatic amines is 1. The van der Waals surface area contributed by atoms with Crippen LogP contribution in [0.5, 0.6) is 0 Å². The monoisotopic (exact) mass is 293 g/mol. The number of hydrogen-bond acceptors (Lipinski definition) is 5. The van der Waals surface area contributed by atoms with Crippen molar-refractivity contribution in [2.24, 2.45) is 0 Å². The average molecular weight is 293 g/mol. The molecule has 1 saturated heterocycles. The average Bonchev–Trinajstić information content (AvgIpc) is 3.19. The molecule has 21 heavy (non-hydrogen) atoms. The molecule has 2 heterocycles. The van der Waals surface area contributed by atoms with Gasteiger partial charge in [0.25, 0.3) is 5.56 Å². The second-order valence-electron chi connectivity index (χ2n) is 6.03. The van der Waals surface area contributed by atoms with E-state index in [1.807, 2.05) is 6.92 Å². The molecule has 1 aromatic heterocycles. The summed E-state index contributed by atoms with van der Waals surface area (Å²) < 4.78 is 1.43. The zero-order valence-electron chi connectivity index (χ0n) is 12.4. The van der Waals surface area contributed by atoms with Gasteiger partial charge in [-0.3, -0.25) is 19.2 Å². The molecule has 1 atom stereocenters. The number of nitrogen functional groups attached to an aromatic ring is 1. The number of aromatic nitrogens is 2. The zero-order chi connectivity index (χ0) is 15.0. The Hall–Kier alpha value is -1.76. The molecule has 1 aliphatic heterocycles. The molecule has 0 aromatic carbocycles. The van der Waals surface area contributed by atoms with Crippen molar-refractivity contribution in [3.05, 3.63) is 20.8 Å². The minimum Gasteiger partial charge on any atom is -0.383 e. The fourth-order valence-corrected chi connectivity index (χ4v) is 3.05. The number of nitrogens with two attached hydrogens (primary N) is 1. The number of hydrogen-bond donors (Lipinski definition) is 3. The summed E-state index contributed by atoms with van der Waals surface area (Å²) in [4.78, 5) is 28.6. The van der Waals surface area contributed by atoms with Gasteiger partial charge in [-0.15, -0.1) is 0 Å². The lowest BCUT2D eigenvalue weighted by Gasteiger charge is -2.18. The quantitative estimate of drug-likeness (QED) is 0.719. The molecule has 1 saturated carbocycles.